The van der Waals surface area contributed by atoms with Gasteiger partial charge in [0.15, 0.2) is 0 Å². The first-order chi connectivity index (χ1) is 7.25. The van der Waals surface area contributed by atoms with E-state index in [0.29, 0.717) is 5.02 Å². The predicted molar refractivity (Wildman–Crippen MR) is 63.7 cm³/mol. The maximum absolute atomic E-state index is 9.65. The van der Waals surface area contributed by atoms with Gasteiger partial charge in [-0.3, -0.25) is 0 Å². The third-order valence-electron chi connectivity index (χ3n) is 1.89. The van der Waals surface area contributed by atoms with Gasteiger partial charge < -0.3 is 5.11 Å². The van der Waals surface area contributed by atoms with E-state index in [2.05, 4.69) is 0 Å². The molecule has 2 rings (SSSR count). The van der Waals surface area contributed by atoms with Gasteiger partial charge in [0.2, 0.25) is 0 Å². The molecule has 1 nitrogen and oxygen atoms in total. The fourth-order valence-corrected chi connectivity index (χ4v) is 2.21. The van der Waals surface area contributed by atoms with Crippen LogP contribution in [0.3, 0.4) is 0 Å². The number of hydrogen-bond donors (Lipinski definition) is 1. The van der Waals surface area contributed by atoms with Crippen molar-refractivity contribution < 1.29 is 5.11 Å². The van der Waals surface area contributed by atoms with Crippen molar-refractivity contribution in [3.63, 3.8) is 0 Å². The van der Waals surface area contributed by atoms with Crippen LogP contribution in [-0.2, 0) is 0 Å². The Morgan fingerprint density at radius 1 is 1.00 bits per heavy atom. The fourth-order valence-electron chi connectivity index (χ4n) is 1.19. The van der Waals surface area contributed by atoms with Gasteiger partial charge in [0.25, 0.3) is 0 Å². The van der Waals surface area contributed by atoms with Gasteiger partial charge in [-0.2, -0.15) is 0 Å². The molecule has 3 heteroatoms. The first kappa shape index (κ1) is 10.4. The van der Waals surface area contributed by atoms with Crippen LogP contribution in [-0.4, -0.2) is 5.11 Å². The average Bonchev–Trinajstić information content (AvgIpc) is 2.24. The predicted octanol–water partition coefficient (Wildman–Crippen LogP) is 4.20. The summed E-state index contributed by atoms with van der Waals surface area (Å²) < 4.78 is 0. The van der Waals surface area contributed by atoms with E-state index in [-0.39, 0.29) is 5.75 Å². The normalized spacial score (nSPS) is 10.2. The van der Waals surface area contributed by atoms with Crippen LogP contribution in [0.5, 0.6) is 5.75 Å². The maximum Gasteiger partial charge on any atom is 0.130 e. The van der Waals surface area contributed by atoms with Crippen LogP contribution < -0.4 is 0 Å². The highest BCUT2D eigenvalue weighted by Gasteiger charge is 2.03. The van der Waals surface area contributed by atoms with Crippen molar-refractivity contribution in [1.82, 2.24) is 0 Å². The summed E-state index contributed by atoms with van der Waals surface area (Å²) in [4.78, 5) is 1.90. The average molecular weight is 237 g/mol. The van der Waals surface area contributed by atoms with Gasteiger partial charge in [-0.15, -0.1) is 0 Å². The summed E-state index contributed by atoms with van der Waals surface area (Å²) in [5.41, 5.74) is 0. The van der Waals surface area contributed by atoms with Crippen LogP contribution in [0.1, 0.15) is 0 Å². The van der Waals surface area contributed by atoms with Crippen LogP contribution >= 0.6 is 23.4 Å². The number of phenolic OH excluding ortho intramolecular Hbond substituents is 1. The molecule has 2 aromatic rings. The molecule has 2 aromatic carbocycles. The van der Waals surface area contributed by atoms with E-state index in [4.69, 9.17) is 11.6 Å². The van der Waals surface area contributed by atoms with E-state index in [1.165, 1.54) is 11.8 Å². The molecular weight excluding hydrogens is 228 g/mol. The van der Waals surface area contributed by atoms with Crippen molar-refractivity contribution in [1.29, 1.82) is 0 Å². The second-order valence-electron chi connectivity index (χ2n) is 3.03. The topological polar surface area (TPSA) is 20.2 Å². The molecular formula is C12H9ClOS. The highest BCUT2D eigenvalue weighted by molar-refractivity contribution is 7.99. The third kappa shape index (κ3) is 2.67. The van der Waals surface area contributed by atoms with E-state index in [1.54, 1.807) is 12.1 Å². The van der Waals surface area contributed by atoms with Gasteiger partial charge in [-0.25, -0.2) is 0 Å². The van der Waals surface area contributed by atoms with Gasteiger partial charge in [-0.1, -0.05) is 41.6 Å². The summed E-state index contributed by atoms with van der Waals surface area (Å²) in [5, 5.41) is 10.2. The Labute approximate surface area is 97.7 Å². The van der Waals surface area contributed by atoms with Crippen LogP contribution in [0.2, 0.25) is 5.02 Å². The van der Waals surface area contributed by atoms with Gasteiger partial charge >= 0.3 is 0 Å². The van der Waals surface area contributed by atoms with Crippen LogP contribution in [0, 0.1) is 0 Å². The Hall–Kier alpha value is -1.12. The summed E-state index contributed by atoms with van der Waals surface area (Å²) in [6, 6.07) is 15.0. The lowest BCUT2D eigenvalue weighted by Crippen LogP contribution is -1.75. The molecule has 0 aliphatic heterocycles. The highest BCUT2D eigenvalue weighted by atomic mass is 35.5. The zero-order valence-corrected chi connectivity index (χ0v) is 9.42. The van der Waals surface area contributed by atoms with Gasteiger partial charge in [-0.05, 0) is 30.3 Å². The van der Waals surface area contributed by atoms with Crippen LogP contribution in [0.4, 0.5) is 0 Å². The van der Waals surface area contributed by atoms with E-state index in [9.17, 15) is 5.11 Å². The highest BCUT2D eigenvalue weighted by Crippen LogP contribution is 2.35. The van der Waals surface area contributed by atoms with Gasteiger partial charge in [0.05, 0.1) is 4.90 Å². The largest absolute Gasteiger partial charge is 0.507 e. The summed E-state index contributed by atoms with van der Waals surface area (Å²) >= 11 is 7.26. The van der Waals surface area contributed by atoms with Crippen LogP contribution in [0.25, 0.3) is 0 Å². The Balaban J connectivity index is 2.25. The van der Waals surface area contributed by atoms with E-state index >= 15 is 0 Å². The zero-order valence-electron chi connectivity index (χ0n) is 7.85. The quantitative estimate of drug-likeness (QED) is 0.844. The molecule has 0 aliphatic rings. The smallest absolute Gasteiger partial charge is 0.130 e. The number of rotatable bonds is 2. The Morgan fingerprint density at radius 2 is 1.73 bits per heavy atom. The molecule has 0 amide bonds. The Kier molecular flexibility index (Phi) is 3.19. The van der Waals surface area contributed by atoms with Crippen molar-refractivity contribution in [2.24, 2.45) is 0 Å². The molecule has 0 aromatic heterocycles. The minimum absolute atomic E-state index is 0.219. The molecule has 1 N–H and O–H groups in total. The number of benzene rings is 2. The molecule has 0 heterocycles. The standard InChI is InChI=1S/C12H9ClOS/c13-9-6-7-12(11(14)8-9)15-10-4-2-1-3-5-10/h1-8,14H. The molecule has 0 saturated heterocycles. The minimum atomic E-state index is 0.219. The summed E-state index contributed by atoms with van der Waals surface area (Å²) in [7, 11) is 0. The number of aromatic hydroxyl groups is 1. The maximum atomic E-state index is 9.65. The van der Waals surface area contributed by atoms with E-state index < -0.39 is 0 Å². The molecule has 0 spiro atoms. The first-order valence-corrected chi connectivity index (χ1v) is 5.66. The molecule has 0 unspecified atom stereocenters. The van der Waals surface area contributed by atoms with Gasteiger partial charge in [0.1, 0.15) is 5.75 Å². The van der Waals surface area contributed by atoms with Gasteiger partial charge in [0, 0.05) is 9.92 Å². The summed E-state index contributed by atoms with van der Waals surface area (Å²) in [6.45, 7) is 0. The lowest BCUT2D eigenvalue weighted by molar-refractivity contribution is 0.462. The molecule has 76 valence electrons. The van der Waals surface area contributed by atoms with Crippen molar-refractivity contribution in [3.05, 3.63) is 53.6 Å². The second kappa shape index (κ2) is 4.60. The zero-order chi connectivity index (χ0) is 10.7. The molecule has 0 radical (unpaired) electrons. The first-order valence-electron chi connectivity index (χ1n) is 4.47. The monoisotopic (exact) mass is 236 g/mol. The Bertz CT molecular complexity index is 456. The van der Waals surface area contributed by atoms with Crippen molar-refractivity contribution in [2.75, 3.05) is 0 Å². The third-order valence-corrected chi connectivity index (χ3v) is 3.20. The fraction of sp³-hybridized carbons (Fsp3) is 0. The lowest BCUT2D eigenvalue weighted by atomic mass is 10.3. The van der Waals surface area contributed by atoms with Crippen LogP contribution in [0.15, 0.2) is 58.3 Å². The second-order valence-corrected chi connectivity index (χ2v) is 4.58. The number of phenols is 1. The molecule has 0 aliphatic carbocycles. The summed E-state index contributed by atoms with van der Waals surface area (Å²) in [5.74, 6) is 0.219. The minimum Gasteiger partial charge on any atom is -0.507 e. The Morgan fingerprint density at radius 3 is 2.40 bits per heavy atom. The van der Waals surface area contributed by atoms with E-state index in [1.807, 2.05) is 36.4 Å². The molecule has 0 saturated carbocycles. The molecule has 0 fully saturated rings. The lowest BCUT2D eigenvalue weighted by Gasteiger charge is -2.04. The van der Waals surface area contributed by atoms with Crippen molar-refractivity contribution in [2.45, 2.75) is 9.79 Å². The molecule has 15 heavy (non-hydrogen) atoms. The molecule has 0 bridgehead atoms. The van der Waals surface area contributed by atoms with E-state index in [0.717, 1.165) is 9.79 Å². The van der Waals surface area contributed by atoms with Crippen molar-refractivity contribution in [3.8, 4) is 5.75 Å². The summed E-state index contributed by atoms with van der Waals surface area (Å²) in [6.07, 6.45) is 0. The molecule has 0 atom stereocenters. The number of hydrogen-bond acceptors (Lipinski definition) is 2. The number of halogens is 1. The van der Waals surface area contributed by atoms with Crippen molar-refractivity contribution >= 4 is 23.4 Å². The SMILES string of the molecule is Oc1cc(Cl)ccc1Sc1ccccc1.